The van der Waals surface area contributed by atoms with E-state index in [-0.39, 0.29) is 42.2 Å². The van der Waals surface area contributed by atoms with Gasteiger partial charge in [0, 0.05) is 19.6 Å². The lowest BCUT2D eigenvalue weighted by Gasteiger charge is -2.22. The third-order valence-corrected chi connectivity index (χ3v) is 4.01. The zero-order valence-electron chi connectivity index (χ0n) is 16.3. The third kappa shape index (κ3) is 8.24. The highest BCUT2D eigenvalue weighted by Gasteiger charge is 2.12. The number of hydrogen-bond acceptors (Lipinski definition) is 2. The average Bonchev–Trinajstić information content (AvgIpc) is 2.69. The summed E-state index contributed by atoms with van der Waals surface area (Å²) in [6, 6.07) is 16.2. The molecule has 2 N–H and O–H groups in total. The molecule has 0 radical (unpaired) electrons. The highest BCUT2D eigenvalue weighted by molar-refractivity contribution is 14.0. The molecule has 0 unspecified atom stereocenters. The summed E-state index contributed by atoms with van der Waals surface area (Å²) >= 11 is 0. The van der Waals surface area contributed by atoms with E-state index in [4.69, 9.17) is 0 Å². The van der Waals surface area contributed by atoms with Crippen LogP contribution in [-0.4, -0.2) is 36.4 Å². The van der Waals surface area contributed by atoms with Crippen LogP contribution in [0.4, 0.5) is 4.39 Å². The van der Waals surface area contributed by atoms with Gasteiger partial charge in [-0.05, 0) is 37.1 Å². The van der Waals surface area contributed by atoms with E-state index in [0.717, 1.165) is 11.1 Å². The third-order valence-electron chi connectivity index (χ3n) is 4.01. The molecule has 1 amide bonds. The lowest BCUT2D eigenvalue weighted by atomic mass is 10.2. The second-order valence-electron chi connectivity index (χ2n) is 6.07. The lowest BCUT2D eigenvalue weighted by molar-refractivity contribution is -0.130. The summed E-state index contributed by atoms with van der Waals surface area (Å²) in [5.41, 5.74) is 1.87. The van der Waals surface area contributed by atoms with Crippen LogP contribution in [0.3, 0.4) is 0 Å². The maximum Gasteiger partial charge on any atom is 0.242 e. The molecule has 2 aromatic carbocycles. The molecule has 5 nitrogen and oxygen atoms in total. The minimum atomic E-state index is -0.282. The van der Waals surface area contributed by atoms with Crippen molar-refractivity contribution in [1.29, 1.82) is 0 Å². The number of rotatable bonds is 8. The van der Waals surface area contributed by atoms with Gasteiger partial charge in [0.1, 0.15) is 5.82 Å². The van der Waals surface area contributed by atoms with Crippen molar-refractivity contribution in [2.24, 2.45) is 4.99 Å². The topological polar surface area (TPSA) is 56.7 Å². The van der Waals surface area contributed by atoms with Crippen molar-refractivity contribution in [3.05, 3.63) is 71.5 Å². The van der Waals surface area contributed by atoms with Crippen molar-refractivity contribution in [3.8, 4) is 0 Å². The number of halogens is 2. The van der Waals surface area contributed by atoms with Crippen molar-refractivity contribution in [2.45, 2.75) is 26.9 Å². The fraction of sp³-hybridized carbons (Fsp3) is 0.333. The van der Waals surface area contributed by atoms with Gasteiger partial charge >= 0.3 is 0 Å². The van der Waals surface area contributed by atoms with Crippen LogP contribution in [0.25, 0.3) is 0 Å². The standard InChI is InChI=1S/C21H27FN4O.HI/c1-3-23-21(24-14-18-11-8-12-19(22)13-18)25-15-20(27)26(4-2)16-17-9-6-5-7-10-17;/h5-13H,3-4,14-16H2,1-2H3,(H2,23,24,25);1H. The van der Waals surface area contributed by atoms with Crippen LogP contribution in [0.15, 0.2) is 59.6 Å². The molecule has 0 aliphatic carbocycles. The molecule has 28 heavy (non-hydrogen) atoms. The molecular weight excluding hydrogens is 470 g/mol. The molecule has 7 heteroatoms. The molecule has 2 rings (SSSR count). The van der Waals surface area contributed by atoms with Crippen molar-refractivity contribution in [1.82, 2.24) is 15.5 Å². The largest absolute Gasteiger partial charge is 0.357 e. The van der Waals surface area contributed by atoms with Crippen LogP contribution in [0, 0.1) is 5.82 Å². The molecule has 0 aromatic heterocycles. The number of carbonyl (C=O) groups excluding carboxylic acids is 1. The van der Waals surface area contributed by atoms with E-state index in [1.807, 2.05) is 50.2 Å². The second-order valence-corrected chi connectivity index (χ2v) is 6.07. The molecule has 2 aromatic rings. The first kappa shape index (κ1) is 23.9. The molecule has 0 atom stereocenters. The number of likely N-dealkylation sites (N-methyl/N-ethyl adjacent to an activating group) is 1. The van der Waals surface area contributed by atoms with Gasteiger partial charge in [-0.25, -0.2) is 9.38 Å². The van der Waals surface area contributed by atoms with Gasteiger partial charge in [-0.1, -0.05) is 42.5 Å². The zero-order chi connectivity index (χ0) is 19.5. The van der Waals surface area contributed by atoms with Crippen LogP contribution < -0.4 is 10.6 Å². The molecule has 152 valence electrons. The molecule has 0 aliphatic rings. The number of guanidine groups is 1. The molecule has 0 bridgehead atoms. The summed E-state index contributed by atoms with van der Waals surface area (Å²) in [4.78, 5) is 18.8. The predicted molar refractivity (Wildman–Crippen MR) is 122 cm³/mol. The Morgan fingerprint density at radius 1 is 1.04 bits per heavy atom. The Kier molecular flexibility index (Phi) is 11.2. The number of nitrogens with zero attached hydrogens (tertiary/aromatic N) is 2. The molecule has 0 spiro atoms. The Hall–Kier alpha value is -2.16. The van der Waals surface area contributed by atoms with Crippen LogP contribution in [-0.2, 0) is 17.9 Å². The van der Waals surface area contributed by atoms with Gasteiger partial charge in [-0.2, -0.15) is 0 Å². The first-order chi connectivity index (χ1) is 13.1. The monoisotopic (exact) mass is 498 g/mol. The molecular formula is C21H28FIN4O. The minimum Gasteiger partial charge on any atom is -0.357 e. The van der Waals surface area contributed by atoms with E-state index in [9.17, 15) is 9.18 Å². The summed E-state index contributed by atoms with van der Waals surface area (Å²) < 4.78 is 13.3. The van der Waals surface area contributed by atoms with Gasteiger partial charge in [-0.15, -0.1) is 24.0 Å². The van der Waals surface area contributed by atoms with Crippen molar-refractivity contribution in [3.63, 3.8) is 0 Å². The van der Waals surface area contributed by atoms with Gasteiger partial charge in [0.05, 0.1) is 13.1 Å². The predicted octanol–water partition coefficient (Wildman–Crippen LogP) is 3.55. The van der Waals surface area contributed by atoms with E-state index < -0.39 is 0 Å². The average molecular weight is 498 g/mol. The summed E-state index contributed by atoms with van der Waals surface area (Å²) in [7, 11) is 0. The Morgan fingerprint density at radius 2 is 1.75 bits per heavy atom. The van der Waals surface area contributed by atoms with Crippen molar-refractivity contribution < 1.29 is 9.18 Å². The van der Waals surface area contributed by atoms with Crippen LogP contribution in [0.2, 0.25) is 0 Å². The van der Waals surface area contributed by atoms with Gasteiger partial charge in [0.2, 0.25) is 5.91 Å². The van der Waals surface area contributed by atoms with Crippen molar-refractivity contribution >= 4 is 35.8 Å². The normalized spacial score (nSPS) is 10.8. The Morgan fingerprint density at radius 3 is 2.39 bits per heavy atom. The molecule has 0 heterocycles. The Balaban J connectivity index is 0.00000392. The number of hydrogen-bond donors (Lipinski definition) is 2. The van der Waals surface area contributed by atoms with Gasteiger partial charge < -0.3 is 15.5 Å². The molecule has 0 fully saturated rings. The Labute approximate surface area is 183 Å². The van der Waals surface area contributed by atoms with E-state index in [1.165, 1.54) is 12.1 Å². The van der Waals surface area contributed by atoms with Crippen LogP contribution >= 0.6 is 24.0 Å². The van der Waals surface area contributed by atoms with Crippen LogP contribution in [0.5, 0.6) is 0 Å². The van der Waals surface area contributed by atoms with Gasteiger partial charge in [0.25, 0.3) is 0 Å². The fourth-order valence-corrected chi connectivity index (χ4v) is 2.60. The zero-order valence-corrected chi connectivity index (χ0v) is 18.7. The summed E-state index contributed by atoms with van der Waals surface area (Å²) in [6.45, 7) is 6.28. The van der Waals surface area contributed by atoms with E-state index in [2.05, 4.69) is 15.6 Å². The molecule has 0 aliphatic heterocycles. The smallest absolute Gasteiger partial charge is 0.242 e. The van der Waals surface area contributed by atoms with Crippen LogP contribution in [0.1, 0.15) is 25.0 Å². The number of amides is 1. The maximum atomic E-state index is 13.3. The SMILES string of the molecule is CCNC(=NCc1cccc(F)c1)NCC(=O)N(CC)Cc1ccccc1.I. The minimum absolute atomic E-state index is 0. The number of aliphatic imine (C=N–C) groups is 1. The van der Waals surface area contributed by atoms with E-state index in [1.54, 1.807) is 11.0 Å². The Bertz CT molecular complexity index is 755. The van der Waals surface area contributed by atoms with Gasteiger partial charge in [-0.3, -0.25) is 4.79 Å². The quantitative estimate of drug-likeness (QED) is 0.333. The maximum absolute atomic E-state index is 13.3. The second kappa shape index (κ2) is 13.1. The molecule has 0 saturated carbocycles. The molecule has 0 saturated heterocycles. The fourth-order valence-electron chi connectivity index (χ4n) is 2.60. The summed E-state index contributed by atoms with van der Waals surface area (Å²) in [5, 5.41) is 6.16. The highest BCUT2D eigenvalue weighted by atomic mass is 127. The summed E-state index contributed by atoms with van der Waals surface area (Å²) in [5.74, 6) is 0.249. The first-order valence-electron chi connectivity index (χ1n) is 9.20. The van der Waals surface area contributed by atoms with E-state index >= 15 is 0 Å². The highest BCUT2D eigenvalue weighted by Crippen LogP contribution is 2.05. The van der Waals surface area contributed by atoms with Crippen molar-refractivity contribution in [2.75, 3.05) is 19.6 Å². The summed E-state index contributed by atoms with van der Waals surface area (Å²) in [6.07, 6.45) is 0. The van der Waals surface area contributed by atoms with Gasteiger partial charge in [0.15, 0.2) is 5.96 Å². The first-order valence-corrected chi connectivity index (χ1v) is 9.20. The number of carbonyl (C=O) groups is 1. The lowest BCUT2D eigenvalue weighted by Crippen LogP contribution is -2.44. The number of benzene rings is 2. The van der Waals surface area contributed by atoms with E-state index in [0.29, 0.717) is 32.1 Å². The number of nitrogens with one attached hydrogen (secondary N) is 2.